The molecule has 3 atom stereocenters. The lowest BCUT2D eigenvalue weighted by Gasteiger charge is -2.31. The molecule has 0 heterocycles. The summed E-state index contributed by atoms with van der Waals surface area (Å²) in [5.74, 6) is 2.01. The van der Waals surface area contributed by atoms with Crippen molar-refractivity contribution in [2.24, 2.45) is 11.8 Å². The van der Waals surface area contributed by atoms with Gasteiger partial charge < -0.3 is 5.11 Å². The third-order valence-electron chi connectivity index (χ3n) is 5.25. The summed E-state index contributed by atoms with van der Waals surface area (Å²) in [5.41, 5.74) is 2.61. The van der Waals surface area contributed by atoms with Crippen LogP contribution in [0.2, 0.25) is 0 Å². The molecular weight excluding hydrogens is 232 g/mol. The molecule has 2 saturated carbocycles. The van der Waals surface area contributed by atoms with Gasteiger partial charge in [-0.2, -0.15) is 0 Å². The van der Waals surface area contributed by atoms with Crippen molar-refractivity contribution in [1.82, 2.24) is 0 Å². The van der Waals surface area contributed by atoms with E-state index in [-0.39, 0.29) is 6.10 Å². The summed E-state index contributed by atoms with van der Waals surface area (Å²) in [7, 11) is 0. The van der Waals surface area contributed by atoms with Gasteiger partial charge in [0.25, 0.3) is 0 Å². The van der Waals surface area contributed by atoms with E-state index in [0.717, 1.165) is 17.4 Å². The van der Waals surface area contributed by atoms with Crippen molar-refractivity contribution in [3.8, 4) is 0 Å². The SMILES string of the molecule is CC1CCCC(C(O)c2cccc(C3CCC3)c2)C1. The summed E-state index contributed by atoms with van der Waals surface area (Å²) >= 11 is 0. The van der Waals surface area contributed by atoms with Crippen LogP contribution >= 0.6 is 0 Å². The minimum atomic E-state index is -0.247. The van der Waals surface area contributed by atoms with E-state index in [2.05, 4.69) is 31.2 Å². The Labute approximate surface area is 117 Å². The van der Waals surface area contributed by atoms with Crippen molar-refractivity contribution in [1.29, 1.82) is 0 Å². The molecule has 3 rings (SSSR count). The van der Waals surface area contributed by atoms with E-state index in [4.69, 9.17) is 0 Å². The summed E-state index contributed by atoms with van der Waals surface area (Å²) in [5, 5.41) is 10.7. The molecule has 0 saturated heterocycles. The molecule has 2 aliphatic rings. The Morgan fingerprint density at radius 3 is 2.58 bits per heavy atom. The maximum absolute atomic E-state index is 10.7. The zero-order valence-corrected chi connectivity index (χ0v) is 12.0. The summed E-state index contributed by atoms with van der Waals surface area (Å²) in [6.45, 7) is 2.32. The van der Waals surface area contributed by atoms with Gasteiger partial charge in [-0.05, 0) is 54.6 Å². The maximum atomic E-state index is 10.7. The molecule has 3 unspecified atom stereocenters. The second-order valence-corrected chi connectivity index (χ2v) is 6.77. The van der Waals surface area contributed by atoms with E-state index >= 15 is 0 Å². The molecule has 0 aromatic heterocycles. The van der Waals surface area contributed by atoms with Crippen molar-refractivity contribution in [2.75, 3.05) is 0 Å². The van der Waals surface area contributed by atoms with Gasteiger partial charge in [0.15, 0.2) is 0 Å². The molecule has 1 N–H and O–H groups in total. The van der Waals surface area contributed by atoms with E-state index in [1.165, 1.54) is 50.5 Å². The standard InChI is InChI=1S/C18H26O/c1-13-5-2-9-16(11-13)18(19)17-10-4-8-15(12-17)14-6-3-7-14/h4,8,10,12-14,16,18-19H,2-3,5-7,9,11H2,1H3. The zero-order chi connectivity index (χ0) is 13.2. The molecule has 2 aliphatic carbocycles. The first-order valence-corrected chi connectivity index (χ1v) is 8.02. The summed E-state index contributed by atoms with van der Waals surface area (Å²) in [4.78, 5) is 0. The predicted octanol–water partition coefficient (Wildman–Crippen LogP) is 4.81. The Morgan fingerprint density at radius 1 is 1.11 bits per heavy atom. The second kappa shape index (κ2) is 5.66. The van der Waals surface area contributed by atoms with Crippen LogP contribution in [-0.2, 0) is 0 Å². The van der Waals surface area contributed by atoms with Crippen LogP contribution in [0.1, 0.15) is 75.0 Å². The zero-order valence-electron chi connectivity index (χ0n) is 12.0. The molecule has 1 heteroatoms. The van der Waals surface area contributed by atoms with Crippen molar-refractivity contribution < 1.29 is 5.11 Å². The summed E-state index contributed by atoms with van der Waals surface area (Å²) in [6, 6.07) is 8.77. The molecule has 104 valence electrons. The van der Waals surface area contributed by atoms with Crippen molar-refractivity contribution in [3.05, 3.63) is 35.4 Å². The van der Waals surface area contributed by atoms with Crippen LogP contribution in [0.5, 0.6) is 0 Å². The van der Waals surface area contributed by atoms with Gasteiger partial charge in [-0.1, -0.05) is 50.5 Å². The Bertz CT molecular complexity index is 421. The highest BCUT2D eigenvalue weighted by Crippen LogP contribution is 2.40. The monoisotopic (exact) mass is 258 g/mol. The molecule has 1 nitrogen and oxygen atoms in total. The Morgan fingerprint density at radius 2 is 1.89 bits per heavy atom. The van der Waals surface area contributed by atoms with E-state index in [1.807, 2.05) is 0 Å². The third kappa shape index (κ3) is 2.86. The van der Waals surface area contributed by atoms with Crippen LogP contribution in [0.25, 0.3) is 0 Å². The van der Waals surface area contributed by atoms with Gasteiger partial charge in [-0.15, -0.1) is 0 Å². The number of aliphatic hydroxyl groups is 1. The van der Waals surface area contributed by atoms with Crippen LogP contribution in [0.4, 0.5) is 0 Å². The highest BCUT2D eigenvalue weighted by atomic mass is 16.3. The first-order chi connectivity index (χ1) is 9.24. The fraction of sp³-hybridized carbons (Fsp3) is 0.667. The normalized spacial score (nSPS) is 29.8. The van der Waals surface area contributed by atoms with E-state index in [1.54, 1.807) is 0 Å². The van der Waals surface area contributed by atoms with Crippen LogP contribution in [0.3, 0.4) is 0 Å². The topological polar surface area (TPSA) is 20.2 Å². The molecule has 1 aromatic rings. The first kappa shape index (κ1) is 13.2. The smallest absolute Gasteiger partial charge is 0.0818 e. The maximum Gasteiger partial charge on any atom is 0.0818 e. The molecule has 0 spiro atoms. The van der Waals surface area contributed by atoms with Gasteiger partial charge in [0.1, 0.15) is 0 Å². The minimum Gasteiger partial charge on any atom is -0.388 e. The number of benzene rings is 1. The van der Waals surface area contributed by atoms with Crippen LogP contribution < -0.4 is 0 Å². The quantitative estimate of drug-likeness (QED) is 0.824. The van der Waals surface area contributed by atoms with Gasteiger partial charge in [0.2, 0.25) is 0 Å². The van der Waals surface area contributed by atoms with Gasteiger partial charge in [0, 0.05) is 0 Å². The predicted molar refractivity (Wildman–Crippen MR) is 79.1 cm³/mol. The first-order valence-electron chi connectivity index (χ1n) is 8.02. The highest BCUT2D eigenvalue weighted by molar-refractivity contribution is 5.29. The van der Waals surface area contributed by atoms with Crippen LogP contribution in [0.15, 0.2) is 24.3 Å². The van der Waals surface area contributed by atoms with Gasteiger partial charge in [0.05, 0.1) is 6.10 Å². The number of aliphatic hydroxyl groups excluding tert-OH is 1. The number of rotatable bonds is 3. The fourth-order valence-corrected chi connectivity index (χ4v) is 3.78. The van der Waals surface area contributed by atoms with E-state index in [9.17, 15) is 5.11 Å². The molecular formula is C18H26O. The molecule has 2 fully saturated rings. The Balaban J connectivity index is 1.73. The molecule has 0 aliphatic heterocycles. The van der Waals surface area contributed by atoms with Gasteiger partial charge >= 0.3 is 0 Å². The molecule has 0 amide bonds. The van der Waals surface area contributed by atoms with Crippen molar-refractivity contribution in [3.63, 3.8) is 0 Å². The van der Waals surface area contributed by atoms with Gasteiger partial charge in [-0.25, -0.2) is 0 Å². The van der Waals surface area contributed by atoms with Crippen LogP contribution in [-0.4, -0.2) is 5.11 Å². The summed E-state index contributed by atoms with van der Waals surface area (Å²) in [6.07, 6.45) is 8.80. The molecule has 0 bridgehead atoms. The van der Waals surface area contributed by atoms with Crippen molar-refractivity contribution in [2.45, 2.75) is 63.9 Å². The van der Waals surface area contributed by atoms with Crippen LogP contribution in [0, 0.1) is 11.8 Å². The highest BCUT2D eigenvalue weighted by Gasteiger charge is 2.27. The lowest BCUT2D eigenvalue weighted by atomic mass is 9.76. The average molecular weight is 258 g/mol. The second-order valence-electron chi connectivity index (χ2n) is 6.77. The average Bonchev–Trinajstić information content (AvgIpc) is 2.36. The number of hydrogen-bond donors (Lipinski definition) is 1. The molecule has 19 heavy (non-hydrogen) atoms. The lowest BCUT2D eigenvalue weighted by Crippen LogP contribution is -2.20. The van der Waals surface area contributed by atoms with E-state index < -0.39 is 0 Å². The van der Waals surface area contributed by atoms with Crippen molar-refractivity contribution >= 4 is 0 Å². The fourth-order valence-electron chi connectivity index (χ4n) is 3.78. The van der Waals surface area contributed by atoms with Gasteiger partial charge in [-0.3, -0.25) is 0 Å². The Kier molecular flexibility index (Phi) is 3.93. The molecule has 1 aromatic carbocycles. The van der Waals surface area contributed by atoms with E-state index in [0.29, 0.717) is 5.92 Å². The lowest BCUT2D eigenvalue weighted by molar-refractivity contribution is 0.0713. The molecule has 0 radical (unpaired) electrons. The third-order valence-corrected chi connectivity index (χ3v) is 5.25. The minimum absolute atomic E-state index is 0.247. The number of hydrogen-bond acceptors (Lipinski definition) is 1. The largest absolute Gasteiger partial charge is 0.388 e. The Hall–Kier alpha value is -0.820. The summed E-state index contributed by atoms with van der Waals surface area (Å²) < 4.78 is 0.